The number of carbonyl (C=O) groups is 1. The second-order valence-corrected chi connectivity index (χ2v) is 6.13. The normalized spacial score (nSPS) is 10.7. The number of carbonyl (C=O) groups excluding carboxylic acids is 1. The van der Waals surface area contributed by atoms with E-state index in [0.717, 1.165) is 33.9 Å². The van der Waals surface area contributed by atoms with Crippen LogP contribution < -0.4 is 10.1 Å². The standard InChI is InChI=1S/C22H19N3O2/c1-23-22(26)17-9-5-8-16(13-17)21-24-20(19-11-3-4-12-25(19)21)15-7-6-10-18(14-15)27-2/h3-14H,1-2H3,(H,23,26). The number of hydrogen-bond donors (Lipinski definition) is 1. The molecule has 0 saturated heterocycles. The maximum absolute atomic E-state index is 12.0. The van der Waals surface area contributed by atoms with E-state index in [1.54, 1.807) is 20.2 Å². The molecule has 0 aliphatic rings. The minimum absolute atomic E-state index is 0.120. The lowest BCUT2D eigenvalue weighted by Gasteiger charge is -2.04. The summed E-state index contributed by atoms with van der Waals surface area (Å²) in [5.41, 5.74) is 4.32. The molecular formula is C22H19N3O2. The summed E-state index contributed by atoms with van der Waals surface area (Å²) in [5, 5.41) is 2.66. The highest BCUT2D eigenvalue weighted by Gasteiger charge is 2.15. The third kappa shape index (κ3) is 3.04. The molecule has 134 valence electrons. The first-order chi connectivity index (χ1) is 13.2. The Morgan fingerprint density at radius 2 is 1.81 bits per heavy atom. The molecule has 4 aromatic rings. The molecular weight excluding hydrogens is 338 g/mol. The van der Waals surface area contributed by atoms with E-state index >= 15 is 0 Å². The van der Waals surface area contributed by atoms with Crippen molar-refractivity contribution in [2.45, 2.75) is 0 Å². The van der Waals surface area contributed by atoms with Gasteiger partial charge in [0.1, 0.15) is 11.6 Å². The molecule has 5 nitrogen and oxygen atoms in total. The van der Waals surface area contributed by atoms with Crippen molar-refractivity contribution in [3.8, 4) is 28.4 Å². The predicted molar refractivity (Wildman–Crippen MR) is 106 cm³/mol. The molecule has 0 spiro atoms. The summed E-state index contributed by atoms with van der Waals surface area (Å²) in [6.45, 7) is 0. The Bertz CT molecular complexity index is 1130. The highest BCUT2D eigenvalue weighted by Crippen LogP contribution is 2.31. The van der Waals surface area contributed by atoms with Crippen LogP contribution in [0, 0.1) is 0 Å². The number of fused-ring (bicyclic) bond motifs is 1. The number of aromatic nitrogens is 2. The zero-order valence-corrected chi connectivity index (χ0v) is 15.1. The number of nitrogens with zero attached hydrogens (tertiary/aromatic N) is 2. The minimum atomic E-state index is -0.120. The van der Waals surface area contributed by atoms with Gasteiger partial charge in [-0.05, 0) is 36.4 Å². The lowest BCUT2D eigenvalue weighted by atomic mass is 10.1. The fourth-order valence-corrected chi connectivity index (χ4v) is 3.17. The SMILES string of the molecule is CNC(=O)c1cccc(-c2nc(-c3cccc(OC)c3)c3ccccn23)c1. The molecule has 0 bridgehead atoms. The smallest absolute Gasteiger partial charge is 0.251 e. The first kappa shape index (κ1) is 16.8. The van der Waals surface area contributed by atoms with Crippen LogP contribution in [0.1, 0.15) is 10.4 Å². The summed E-state index contributed by atoms with van der Waals surface area (Å²) in [6, 6.07) is 21.3. The van der Waals surface area contributed by atoms with Gasteiger partial charge in [-0.15, -0.1) is 0 Å². The van der Waals surface area contributed by atoms with Gasteiger partial charge in [0.05, 0.1) is 18.3 Å². The number of benzene rings is 2. The number of ether oxygens (including phenoxy) is 1. The largest absolute Gasteiger partial charge is 0.497 e. The van der Waals surface area contributed by atoms with E-state index in [4.69, 9.17) is 9.72 Å². The van der Waals surface area contributed by atoms with Crippen LogP contribution in [-0.2, 0) is 0 Å². The van der Waals surface area contributed by atoms with Crippen LogP contribution in [0.3, 0.4) is 0 Å². The lowest BCUT2D eigenvalue weighted by molar-refractivity contribution is 0.0963. The fraction of sp³-hybridized carbons (Fsp3) is 0.0909. The Hall–Kier alpha value is -3.60. The number of methoxy groups -OCH3 is 1. The van der Waals surface area contributed by atoms with Gasteiger partial charge in [-0.3, -0.25) is 9.20 Å². The molecule has 5 heteroatoms. The molecule has 2 aromatic heterocycles. The monoisotopic (exact) mass is 357 g/mol. The maximum Gasteiger partial charge on any atom is 0.251 e. The molecule has 0 unspecified atom stereocenters. The Balaban J connectivity index is 1.92. The van der Waals surface area contributed by atoms with Crippen molar-refractivity contribution in [2.75, 3.05) is 14.2 Å². The molecule has 1 amide bonds. The molecule has 0 fully saturated rings. The summed E-state index contributed by atoms with van der Waals surface area (Å²) in [7, 11) is 3.28. The van der Waals surface area contributed by atoms with Gasteiger partial charge in [0.15, 0.2) is 0 Å². The van der Waals surface area contributed by atoms with Crippen molar-refractivity contribution in [1.82, 2.24) is 14.7 Å². The number of amides is 1. The van der Waals surface area contributed by atoms with Crippen LogP contribution in [0.25, 0.3) is 28.2 Å². The van der Waals surface area contributed by atoms with Crippen molar-refractivity contribution < 1.29 is 9.53 Å². The third-order valence-electron chi connectivity index (χ3n) is 4.50. The molecule has 0 aliphatic carbocycles. The van der Waals surface area contributed by atoms with Gasteiger partial charge < -0.3 is 10.1 Å². The van der Waals surface area contributed by atoms with Gasteiger partial charge in [-0.1, -0.05) is 30.3 Å². The average molecular weight is 357 g/mol. The predicted octanol–water partition coefficient (Wildman–Crippen LogP) is 4.04. The molecule has 2 aromatic carbocycles. The Kier molecular flexibility index (Phi) is 4.34. The molecule has 0 atom stereocenters. The van der Waals surface area contributed by atoms with E-state index in [1.807, 2.05) is 71.3 Å². The Morgan fingerprint density at radius 1 is 1.00 bits per heavy atom. The number of rotatable bonds is 4. The van der Waals surface area contributed by atoms with Crippen LogP contribution in [0.2, 0.25) is 0 Å². The van der Waals surface area contributed by atoms with Gasteiger partial charge in [0.2, 0.25) is 0 Å². The lowest BCUT2D eigenvalue weighted by Crippen LogP contribution is -2.17. The van der Waals surface area contributed by atoms with Crippen molar-refractivity contribution in [3.05, 3.63) is 78.5 Å². The zero-order chi connectivity index (χ0) is 18.8. The Labute approximate surface area is 157 Å². The van der Waals surface area contributed by atoms with Crippen LogP contribution >= 0.6 is 0 Å². The van der Waals surface area contributed by atoms with Crippen LogP contribution in [0.15, 0.2) is 72.9 Å². The number of nitrogens with one attached hydrogen (secondary N) is 1. The molecule has 27 heavy (non-hydrogen) atoms. The quantitative estimate of drug-likeness (QED) is 0.600. The van der Waals surface area contributed by atoms with Crippen molar-refractivity contribution in [1.29, 1.82) is 0 Å². The summed E-state index contributed by atoms with van der Waals surface area (Å²) in [6.07, 6.45) is 1.98. The van der Waals surface area contributed by atoms with Crippen LogP contribution in [-0.4, -0.2) is 29.4 Å². The molecule has 0 saturated carbocycles. The summed E-state index contributed by atoms with van der Waals surface area (Å²) < 4.78 is 7.39. The maximum atomic E-state index is 12.0. The van der Waals surface area contributed by atoms with E-state index in [1.165, 1.54) is 0 Å². The number of pyridine rings is 1. The van der Waals surface area contributed by atoms with Crippen molar-refractivity contribution >= 4 is 11.4 Å². The van der Waals surface area contributed by atoms with Crippen LogP contribution in [0.4, 0.5) is 0 Å². The highest BCUT2D eigenvalue weighted by atomic mass is 16.5. The van der Waals surface area contributed by atoms with Gasteiger partial charge in [-0.25, -0.2) is 4.98 Å². The van der Waals surface area contributed by atoms with Gasteiger partial charge in [-0.2, -0.15) is 0 Å². The highest BCUT2D eigenvalue weighted by molar-refractivity contribution is 5.95. The Morgan fingerprint density at radius 3 is 2.63 bits per heavy atom. The van der Waals surface area contributed by atoms with E-state index in [0.29, 0.717) is 5.56 Å². The first-order valence-electron chi connectivity index (χ1n) is 8.65. The van der Waals surface area contributed by atoms with E-state index in [2.05, 4.69) is 5.32 Å². The zero-order valence-electron chi connectivity index (χ0n) is 15.1. The average Bonchev–Trinajstić information content (AvgIpc) is 3.13. The minimum Gasteiger partial charge on any atom is -0.497 e. The summed E-state index contributed by atoms with van der Waals surface area (Å²) in [5.74, 6) is 1.45. The van der Waals surface area contributed by atoms with E-state index in [9.17, 15) is 4.79 Å². The van der Waals surface area contributed by atoms with Crippen molar-refractivity contribution in [2.24, 2.45) is 0 Å². The van der Waals surface area contributed by atoms with Crippen molar-refractivity contribution in [3.63, 3.8) is 0 Å². The molecule has 0 radical (unpaired) electrons. The topological polar surface area (TPSA) is 55.6 Å². The second-order valence-electron chi connectivity index (χ2n) is 6.13. The molecule has 0 aliphatic heterocycles. The van der Waals surface area contributed by atoms with Gasteiger partial charge in [0, 0.05) is 29.9 Å². The third-order valence-corrected chi connectivity index (χ3v) is 4.50. The number of hydrogen-bond acceptors (Lipinski definition) is 3. The van der Waals surface area contributed by atoms with Crippen LogP contribution in [0.5, 0.6) is 5.75 Å². The molecule has 4 rings (SSSR count). The van der Waals surface area contributed by atoms with Gasteiger partial charge >= 0.3 is 0 Å². The van der Waals surface area contributed by atoms with E-state index < -0.39 is 0 Å². The summed E-state index contributed by atoms with van der Waals surface area (Å²) in [4.78, 5) is 16.9. The van der Waals surface area contributed by atoms with E-state index in [-0.39, 0.29) is 5.91 Å². The first-order valence-corrected chi connectivity index (χ1v) is 8.65. The molecule has 2 heterocycles. The van der Waals surface area contributed by atoms with Gasteiger partial charge in [0.25, 0.3) is 5.91 Å². The molecule has 1 N–H and O–H groups in total. The fourth-order valence-electron chi connectivity index (χ4n) is 3.17. The second kappa shape index (κ2) is 6.96. The number of imidazole rings is 1. The summed E-state index contributed by atoms with van der Waals surface area (Å²) >= 11 is 0.